The monoisotopic (exact) mass is 394 g/mol. The maximum atomic E-state index is 12.1. The second-order valence-electron chi connectivity index (χ2n) is 5.15. The standard InChI is InChI=1S/C17H19BrN2O2S/c1-3-6-12-9-15(23-11(12)2)17(22)19-10-16(21)20-14-8-5-4-7-13(14)18/h4-5,7-9H,3,6,10H2,1-2H3,(H,19,22)(H,20,21). The summed E-state index contributed by atoms with van der Waals surface area (Å²) >= 11 is 4.84. The maximum absolute atomic E-state index is 12.1. The van der Waals surface area contributed by atoms with Crippen LogP contribution >= 0.6 is 27.3 Å². The Balaban J connectivity index is 1.90. The number of anilines is 1. The first-order valence-corrected chi connectivity index (χ1v) is 9.04. The fraction of sp³-hybridized carbons (Fsp3) is 0.294. The summed E-state index contributed by atoms with van der Waals surface area (Å²) in [6.45, 7) is 4.08. The highest BCUT2D eigenvalue weighted by molar-refractivity contribution is 9.10. The normalized spacial score (nSPS) is 10.4. The van der Waals surface area contributed by atoms with E-state index in [2.05, 4.69) is 33.5 Å². The molecule has 6 heteroatoms. The van der Waals surface area contributed by atoms with Crippen molar-refractivity contribution in [3.05, 3.63) is 50.1 Å². The van der Waals surface area contributed by atoms with Gasteiger partial charge in [-0.3, -0.25) is 9.59 Å². The van der Waals surface area contributed by atoms with E-state index < -0.39 is 0 Å². The van der Waals surface area contributed by atoms with Gasteiger partial charge in [0.25, 0.3) is 5.91 Å². The van der Waals surface area contributed by atoms with Crippen LogP contribution in [-0.4, -0.2) is 18.4 Å². The molecule has 0 unspecified atom stereocenters. The summed E-state index contributed by atoms with van der Waals surface area (Å²) in [6.07, 6.45) is 2.02. The number of hydrogen-bond acceptors (Lipinski definition) is 3. The fourth-order valence-corrected chi connectivity index (χ4v) is 3.53. The van der Waals surface area contributed by atoms with Gasteiger partial charge in [0.1, 0.15) is 0 Å². The first-order valence-electron chi connectivity index (χ1n) is 7.43. The highest BCUT2D eigenvalue weighted by Gasteiger charge is 2.13. The number of rotatable bonds is 6. The largest absolute Gasteiger partial charge is 0.342 e. The van der Waals surface area contributed by atoms with E-state index in [4.69, 9.17) is 0 Å². The molecule has 0 aliphatic carbocycles. The molecule has 2 amide bonds. The summed E-state index contributed by atoms with van der Waals surface area (Å²) in [6, 6.07) is 9.27. The second-order valence-corrected chi connectivity index (χ2v) is 7.26. The van der Waals surface area contributed by atoms with Gasteiger partial charge >= 0.3 is 0 Å². The van der Waals surface area contributed by atoms with E-state index in [0.717, 1.165) is 22.2 Å². The van der Waals surface area contributed by atoms with Gasteiger partial charge in [-0.05, 0) is 53.0 Å². The topological polar surface area (TPSA) is 58.2 Å². The zero-order chi connectivity index (χ0) is 16.8. The van der Waals surface area contributed by atoms with Crippen molar-refractivity contribution in [1.29, 1.82) is 0 Å². The van der Waals surface area contributed by atoms with E-state index in [1.807, 2.05) is 31.2 Å². The molecule has 0 aliphatic rings. The number of aryl methyl sites for hydroxylation is 2. The summed E-state index contributed by atoms with van der Waals surface area (Å²) < 4.78 is 0.803. The van der Waals surface area contributed by atoms with Crippen LogP contribution in [0, 0.1) is 6.92 Å². The van der Waals surface area contributed by atoms with Crippen LogP contribution in [0.15, 0.2) is 34.8 Å². The van der Waals surface area contributed by atoms with Crippen molar-refractivity contribution >= 4 is 44.8 Å². The molecule has 0 spiro atoms. The Labute approximate surface area is 148 Å². The molecule has 122 valence electrons. The number of para-hydroxylation sites is 1. The summed E-state index contributed by atoms with van der Waals surface area (Å²) in [7, 11) is 0. The molecule has 2 aromatic rings. The minimum atomic E-state index is -0.257. The lowest BCUT2D eigenvalue weighted by molar-refractivity contribution is -0.115. The number of carbonyl (C=O) groups is 2. The molecular weight excluding hydrogens is 376 g/mol. The van der Waals surface area contributed by atoms with Crippen molar-refractivity contribution in [1.82, 2.24) is 5.32 Å². The molecule has 23 heavy (non-hydrogen) atoms. The van der Waals surface area contributed by atoms with Crippen LogP contribution in [0.2, 0.25) is 0 Å². The van der Waals surface area contributed by atoms with Gasteiger partial charge < -0.3 is 10.6 Å². The first-order chi connectivity index (χ1) is 11.0. The smallest absolute Gasteiger partial charge is 0.261 e. The van der Waals surface area contributed by atoms with Crippen molar-refractivity contribution in [3.63, 3.8) is 0 Å². The van der Waals surface area contributed by atoms with Gasteiger partial charge in [-0.25, -0.2) is 0 Å². The molecule has 0 radical (unpaired) electrons. The molecule has 0 aliphatic heterocycles. The molecule has 4 nitrogen and oxygen atoms in total. The Morgan fingerprint density at radius 2 is 2.00 bits per heavy atom. The lowest BCUT2D eigenvalue weighted by Gasteiger charge is -2.07. The van der Waals surface area contributed by atoms with Crippen LogP contribution < -0.4 is 10.6 Å². The van der Waals surface area contributed by atoms with Crippen LogP contribution in [-0.2, 0) is 11.2 Å². The lowest BCUT2D eigenvalue weighted by Crippen LogP contribution is -2.32. The molecule has 0 fully saturated rings. The molecule has 1 aromatic carbocycles. The van der Waals surface area contributed by atoms with E-state index in [1.165, 1.54) is 16.9 Å². The van der Waals surface area contributed by atoms with Crippen LogP contribution in [0.3, 0.4) is 0 Å². The average Bonchev–Trinajstić information content (AvgIpc) is 2.89. The van der Waals surface area contributed by atoms with Crippen molar-refractivity contribution in [3.8, 4) is 0 Å². The van der Waals surface area contributed by atoms with Gasteiger partial charge in [0, 0.05) is 9.35 Å². The van der Waals surface area contributed by atoms with E-state index in [0.29, 0.717) is 10.6 Å². The van der Waals surface area contributed by atoms with Crippen LogP contribution in [0.1, 0.15) is 33.5 Å². The number of nitrogens with one attached hydrogen (secondary N) is 2. The molecular formula is C17H19BrN2O2S. The van der Waals surface area contributed by atoms with E-state index in [1.54, 1.807) is 6.07 Å². The van der Waals surface area contributed by atoms with Gasteiger partial charge in [-0.2, -0.15) is 0 Å². The Hall–Kier alpha value is -1.66. The molecule has 0 bridgehead atoms. The van der Waals surface area contributed by atoms with E-state index in [-0.39, 0.29) is 18.4 Å². The molecule has 0 saturated heterocycles. The van der Waals surface area contributed by atoms with E-state index >= 15 is 0 Å². The van der Waals surface area contributed by atoms with Crippen molar-refractivity contribution in [2.75, 3.05) is 11.9 Å². The number of benzene rings is 1. The van der Waals surface area contributed by atoms with E-state index in [9.17, 15) is 9.59 Å². The number of hydrogen-bond donors (Lipinski definition) is 2. The highest BCUT2D eigenvalue weighted by Crippen LogP contribution is 2.23. The molecule has 1 aromatic heterocycles. The van der Waals surface area contributed by atoms with Crippen LogP contribution in [0.25, 0.3) is 0 Å². The number of amides is 2. The molecule has 2 N–H and O–H groups in total. The Kier molecular flexibility index (Phi) is 6.36. The van der Waals surface area contributed by atoms with Crippen LogP contribution in [0.4, 0.5) is 5.69 Å². The zero-order valence-corrected chi connectivity index (χ0v) is 15.5. The summed E-state index contributed by atoms with van der Waals surface area (Å²) in [5, 5.41) is 5.42. The average molecular weight is 395 g/mol. The number of halogens is 1. The van der Waals surface area contributed by atoms with Gasteiger partial charge in [0.2, 0.25) is 5.91 Å². The molecule has 1 heterocycles. The number of thiophene rings is 1. The quantitative estimate of drug-likeness (QED) is 0.773. The van der Waals surface area contributed by atoms with Crippen molar-refractivity contribution in [2.24, 2.45) is 0 Å². The van der Waals surface area contributed by atoms with Crippen molar-refractivity contribution in [2.45, 2.75) is 26.7 Å². The maximum Gasteiger partial charge on any atom is 0.261 e. The first kappa shape index (κ1) is 17.7. The second kappa shape index (κ2) is 8.26. The predicted molar refractivity (Wildman–Crippen MR) is 98.2 cm³/mol. The highest BCUT2D eigenvalue weighted by atomic mass is 79.9. The van der Waals surface area contributed by atoms with Crippen molar-refractivity contribution < 1.29 is 9.59 Å². The van der Waals surface area contributed by atoms with Gasteiger partial charge in [-0.1, -0.05) is 25.5 Å². The third-order valence-corrected chi connectivity index (χ3v) is 5.10. The third kappa shape index (κ3) is 4.91. The Bertz CT molecular complexity index is 712. The fourth-order valence-electron chi connectivity index (χ4n) is 2.15. The number of carbonyl (C=O) groups excluding carboxylic acids is 2. The predicted octanol–water partition coefficient (Wildman–Crippen LogP) is 4.14. The summed E-state index contributed by atoms with van der Waals surface area (Å²) in [5.41, 5.74) is 1.89. The lowest BCUT2D eigenvalue weighted by atomic mass is 10.1. The molecule has 0 saturated carbocycles. The minimum absolute atomic E-state index is 0.0553. The molecule has 2 rings (SSSR count). The third-order valence-electron chi connectivity index (χ3n) is 3.32. The van der Waals surface area contributed by atoms with Crippen LogP contribution in [0.5, 0.6) is 0 Å². The Morgan fingerprint density at radius 1 is 1.26 bits per heavy atom. The SMILES string of the molecule is CCCc1cc(C(=O)NCC(=O)Nc2ccccc2Br)sc1C. The van der Waals surface area contributed by atoms with Gasteiger partial charge in [0.05, 0.1) is 17.1 Å². The minimum Gasteiger partial charge on any atom is -0.342 e. The van der Waals surface area contributed by atoms with Gasteiger partial charge in [-0.15, -0.1) is 11.3 Å². The summed E-state index contributed by atoms with van der Waals surface area (Å²) in [5.74, 6) is -0.463. The molecule has 0 atom stereocenters. The van der Waals surface area contributed by atoms with Gasteiger partial charge in [0.15, 0.2) is 0 Å². The Morgan fingerprint density at radius 3 is 2.70 bits per heavy atom. The summed E-state index contributed by atoms with van der Waals surface area (Å²) in [4.78, 5) is 25.9. The zero-order valence-electron chi connectivity index (χ0n) is 13.1.